The van der Waals surface area contributed by atoms with Gasteiger partial charge in [0.25, 0.3) is 5.89 Å². The van der Waals surface area contributed by atoms with E-state index in [9.17, 15) is 0 Å². The summed E-state index contributed by atoms with van der Waals surface area (Å²) in [6, 6.07) is 6.86. The molecule has 6 nitrogen and oxygen atoms in total. The maximum atomic E-state index is 5.77. The van der Waals surface area contributed by atoms with E-state index in [-0.39, 0.29) is 0 Å². The van der Waals surface area contributed by atoms with Gasteiger partial charge < -0.3 is 10.3 Å². The van der Waals surface area contributed by atoms with Crippen LogP contribution >= 0.6 is 11.6 Å². The Morgan fingerprint density at radius 2 is 1.95 bits per heavy atom. The lowest BCUT2D eigenvalue weighted by Crippen LogP contribution is -1.89. The fourth-order valence-electron chi connectivity index (χ4n) is 1.48. The van der Waals surface area contributed by atoms with Crippen molar-refractivity contribution in [2.75, 3.05) is 5.73 Å². The number of hydrogen-bond donors (Lipinski definition) is 1. The SMILES string of the molecule is Nc1ccc(-c2nc(-c3ccc(Cl)cn3)no2)cn1. The van der Waals surface area contributed by atoms with Crippen molar-refractivity contribution in [3.63, 3.8) is 0 Å². The molecule has 0 spiro atoms. The summed E-state index contributed by atoms with van der Waals surface area (Å²) in [5.74, 6) is 1.19. The first-order valence-electron chi connectivity index (χ1n) is 5.40. The Labute approximate surface area is 113 Å². The largest absolute Gasteiger partial charge is 0.384 e. The Kier molecular flexibility index (Phi) is 2.85. The standard InChI is InChI=1S/C12H8ClN5O/c13-8-2-3-9(15-6-8)11-17-12(19-18-11)7-1-4-10(14)16-5-7/h1-6H,(H2,14,16). The molecule has 0 aliphatic carbocycles. The number of hydrogen-bond acceptors (Lipinski definition) is 6. The van der Waals surface area contributed by atoms with Crippen molar-refractivity contribution in [1.29, 1.82) is 0 Å². The van der Waals surface area contributed by atoms with Crippen LogP contribution < -0.4 is 5.73 Å². The summed E-state index contributed by atoms with van der Waals surface area (Å²) < 4.78 is 5.16. The van der Waals surface area contributed by atoms with Gasteiger partial charge in [0.2, 0.25) is 5.82 Å². The van der Waals surface area contributed by atoms with Gasteiger partial charge in [-0.2, -0.15) is 4.98 Å². The molecule has 2 N–H and O–H groups in total. The highest BCUT2D eigenvalue weighted by atomic mass is 35.5. The van der Waals surface area contributed by atoms with E-state index in [1.807, 2.05) is 0 Å². The van der Waals surface area contributed by atoms with Crippen molar-refractivity contribution in [3.05, 3.63) is 41.7 Å². The van der Waals surface area contributed by atoms with Gasteiger partial charge in [0.15, 0.2) is 0 Å². The first-order chi connectivity index (χ1) is 9.22. The number of nitrogens with zero attached hydrogens (tertiary/aromatic N) is 4. The summed E-state index contributed by atoms with van der Waals surface area (Å²) in [4.78, 5) is 12.3. The molecule has 0 amide bonds. The lowest BCUT2D eigenvalue weighted by atomic mass is 10.3. The van der Waals surface area contributed by atoms with Gasteiger partial charge in [-0.15, -0.1) is 0 Å². The summed E-state index contributed by atoms with van der Waals surface area (Å²) in [5, 5.41) is 4.42. The molecule has 0 unspecified atom stereocenters. The van der Waals surface area contributed by atoms with Crippen LogP contribution in [0.5, 0.6) is 0 Å². The number of aromatic nitrogens is 4. The number of anilines is 1. The summed E-state index contributed by atoms with van der Waals surface area (Å²) in [6.07, 6.45) is 3.10. The van der Waals surface area contributed by atoms with Crippen LogP contribution in [0.25, 0.3) is 23.0 Å². The van der Waals surface area contributed by atoms with Crippen molar-refractivity contribution >= 4 is 17.4 Å². The molecule has 19 heavy (non-hydrogen) atoms. The Bertz CT molecular complexity index is 633. The smallest absolute Gasteiger partial charge is 0.259 e. The molecule has 3 aromatic rings. The zero-order valence-electron chi connectivity index (χ0n) is 9.62. The Hall–Kier alpha value is -2.47. The molecule has 0 aromatic carbocycles. The first kappa shape index (κ1) is 11.6. The summed E-state index contributed by atoms with van der Waals surface area (Å²) in [5.41, 5.74) is 6.80. The number of rotatable bonds is 2. The van der Waals surface area contributed by atoms with Crippen LogP contribution in [0.3, 0.4) is 0 Å². The summed E-state index contributed by atoms with van der Waals surface area (Å²) in [7, 11) is 0. The van der Waals surface area contributed by atoms with Crippen LogP contribution in [0.1, 0.15) is 0 Å². The average Bonchev–Trinajstić information content (AvgIpc) is 2.90. The molecule has 0 radical (unpaired) electrons. The van der Waals surface area contributed by atoms with Gasteiger partial charge in [-0.05, 0) is 24.3 Å². The van der Waals surface area contributed by atoms with E-state index in [0.29, 0.717) is 33.8 Å². The van der Waals surface area contributed by atoms with Crippen LogP contribution in [0, 0.1) is 0 Å². The highest BCUT2D eigenvalue weighted by molar-refractivity contribution is 6.30. The summed E-state index contributed by atoms with van der Waals surface area (Å²) in [6.45, 7) is 0. The van der Waals surface area contributed by atoms with Gasteiger partial charge in [-0.1, -0.05) is 16.8 Å². The van der Waals surface area contributed by atoms with E-state index < -0.39 is 0 Å². The van der Waals surface area contributed by atoms with E-state index >= 15 is 0 Å². The molecule has 0 bridgehead atoms. The number of nitrogens with two attached hydrogens (primary N) is 1. The van der Waals surface area contributed by atoms with Crippen LogP contribution in [-0.4, -0.2) is 20.1 Å². The highest BCUT2D eigenvalue weighted by Gasteiger charge is 2.11. The predicted molar refractivity (Wildman–Crippen MR) is 70.2 cm³/mol. The molecule has 7 heteroatoms. The van der Waals surface area contributed by atoms with Crippen LogP contribution in [0.2, 0.25) is 5.02 Å². The maximum Gasteiger partial charge on any atom is 0.259 e. The Morgan fingerprint density at radius 1 is 1.05 bits per heavy atom. The molecule has 0 saturated heterocycles. The van der Waals surface area contributed by atoms with Crippen LogP contribution in [0.15, 0.2) is 41.2 Å². The van der Waals surface area contributed by atoms with E-state index in [2.05, 4.69) is 20.1 Å². The van der Waals surface area contributed by atoms with Gasteiger partial charge in [0.05, 0.1) is 10.6 Å². The van der Waals surface area contributed by atoms with Crippen molar-refractivity contribution in [2.24, 2.45) is 0 Å². The van der Waals surface area contributed by atoms with Gasteiger partial charge in [-0.3, -0.25) is 4.98 Å². The Morgan fingerprint density at radius 3 is 2.63 bits per heavy atom. The molecule has 0 aliphatic rings. The molecule has 3 rings (SSSR count). The molecular formula is C12H8ClN5O. The third-order valence-corrected chi connectivity index (χ3v) is 2.64. The Balaban J connectivity index is 1.95. The molecular weight excluding hydrogens is 266 g/mol. The minimum absolute atomic E-state index is 0.360. The molecule has 0 aliphatic heterocycles. The third-order valence-electron chi connectivity index (χ3n) is 2.42. The van der Waals surface area contributed by atoms with Gasteiger partial charge in [-0.25, -0.2) is 4.98 Å². The second kappa shape index (κ2) is 4.66. The molecule has 0 fully saturated rings. The minimum Gasteiger partial charge on any atom is -0.384 e. The van der Waals surface area contributed by atoms with Crippen molar-refractivity contribution in [3.8, 4) is 23.0 Å². The second-order valence-corrected chi connectivity index (χ2v) is 4.19. The lowest BCUT2D eigenvalue weighted by molar-refractivity contribution is 0.432. The minimum atomic E-state index is 0.360. The highest BCUT2D eigenvalue weighted by Crippen LogP contribution is 2.21. The van der Waals surface area contributed by atoms with Crippen molar-refractivity contribution in [2.45, 2.75) is 0 Å². The molecule has 3 aromatic heterocycles. The van der Waals surface area contributed by atoms with Gasteiger partial charge in [0, 0.05) is 12.4 Å². The van der Waals surface area contributed by atoms with Crippen LogP contribution in [-0.2, 0) is 0 Å². The zero-order valence-corrected chi connectivity index (χ0v) is 10.4. The van der Waals surface area contributed by atoms with E-state index in [0.717, 1.165) is 0 Å². The van der Waals surface area contributed by atoms with Crippen LogP contribution in [0.4, 0.5) is 5.82 Å². The maximum absolute atomic E-state index is 5.77. The number of pyridine rings is 2. The van der Waals surface area contributed by atoms with Crippen molar-refractivity contribution < 1.29 is 4.52 Å². The number of nitrogen functional groups attached to an aromatic ring is 1. The first-order valence-corrected chi connectivity index (χ1v) is 5.78. The average molecular weight is 274 g/mol. The molecule has 3 heterocycles. The quantitative estimate of drug-likeness (QED) is 0.771. The fourth-order valence-corrected chi connectivity index (χ4v) is 1.60. The fraction of sp³-hybridized carbons (Fsp3) is 0. The zero-order chi connectivity index (χ0) is 13.2. The van der Waals surface area contributed by atoms with Gasteiger partial charge >= 0.3 is 0 Å². The third kappa shape index (κ3) is 2.38. The van der Waals surface area contributed by atoms with E-state index in [4.69, 9.17) is 21.9 Å². The van der Waals surface area contributed by atoms with Gasteiger partial charge in [0.1, 0.15) is 11.5 Å². The number of halogens is 1. The predicted octanol–water partition coefficient (Wildman–Crippen LogP) is 2.43. The summed E-state index contributed by atoms with van der Waals surface area (Å²) >= 11 is 5.77. The van der Waals surface area contributed by atoms with Crippen molar-refractivity contribution in [1.82, 2.24) is 20.1 Å². The molecule has 94 valence electrons. The van der Waals surface area contributed by atoms with E-state index in [1.165, 1.54) is 6.20 Å². The molecule has 0 atom stereocenters. The normalized spacial score (nSPS) is 10.6. The lowest BCUT2D eigenvalue weighted by Gasteiger charge is -1.94. The monoisotopic (exact) mass is 273 g/mol. The van der Waals surface area contributed by atoms with E-state index in [1.54, 1.807) is 30.5 Å². The molecule has 0 saturated carbocycles. The second-order valence-electron chi connectivity index (χ2n) is 3.76. The topological polar surface area (TPSA) is 90.7 Å².